The van der Waals surface area contributed by atoms with E-state index in [1.807, 2.05) is 31.2 Å². The highest BCUT2D eigenvalue weighted by atomic mass is 16.3. The predicted octanol–water partition coefficient (Wildman–Crippen LogP) is 3.41. The Morgan fingerprint density at radius 2 is 1.92 bits per heavy atom. The van der Waals surface area contributed by atoms with Gasteiger partial charge >= 0.3 is 0 Å². The largest absolute Gasteiger partial charge is 0.451 e. The second kappa shape index (κ2) is 4.85. The average molecular weight is 325 g/mol. The van der Waals surface area contributed by atoms with E-state index < -0.39 is 5.60 Å². The van der Waals surface area contributed by atoms with E-state index in [2.05, 4.69) is 5.32 Å². The molecule has 1 heterocycles. The fourth-order valence-electron chi connectivity index (χ4n) is 5.82. The summed E-state index contributed by atoms with van der Waals surface area (Å²) in [6.07, 6.45) is 4.92. The molecule has 4 aliphatic rings. The Morgan fingerprint density at radius 3 is 2.58 bits per heavy atom. The summed E-state index contributed by atoms with van der Waals surface area (Å²) in [6.45, 7) is 1.94. The zero-order chi connectivity index (χ0) is 16.5. The quantitative estimate of drug-likeness (QED) is 0.889. The highest BCUT2D eigenvalue weighted by molar-refractivity contribution is 5.99. The maximum absolute atomic E-state index is 12.8. The first-order valence-electron chi connectivity index (χ1n) is 9.04. The van der Waals surface area contributed by atoms with Crippen molar-refractivity contribution in [3.8, 4) is 0 Å². The van der Waals surface area contributed by atoms with Gasteiger partial charge in [-0.2, -0.15) is 0 Å². The lowest BCUT2D eigenvalue weighted by Crippen LogP contribution is -2.61. The number of nitrogens with one attached hydrogen (secondary N) is 1. The molecule has 2 N–H and O–H groups in total. The zero-order valence-electron chi connectivity index (χ0n) is 13.9. The number of carbonyl (C=O) groups excluding carboxylic acids is 1. The van der Waals surface area contributed by atoms with Gasteiger partial charge in [0.1, 0.15) is 5.58 Å². The number of hydrogen-bond acceptors (Lipinski definition) is 3. The topological polar surface area (TPSA) is 62.5 Å². The average Bonchev–Trinajstić information content (AvgIpc) is 2.87. The van der Waals surface area contributed by atoms with E-state index >= 15 is 0 Å². The number of rotatable bonds is 2. The van der Waals surface area contributed by atoms with E-state index in [0.717, 1.165) is 48.6 Å². The summed E-state index contributed by atoms with van der Waals surface area (Å²) in [6, 6.07) is 7.96. The lowest BCUT2D eigenvalue weighted by atomic mass is 9.52. The van der Waals surface area contributed by atoms with Crippen molar-refractivity contribution < 1.29 is 14.3 Å². The van der Waals surface area contributed by atoms with E-state index in [0.29, 0.717) is 23.5 Å². The van der Waals surface area contributed by atoms with E-state index in [1.165, 1.54) is 0 Å². The van der Waals surface area contributed by atoms with Gasteiger partial charge in [-0.1, -0.05) is 18.2 Å². The maximum atomic E-state index is 12.8. The summed E-state index contributed by atoms with van der Waals surface area (Å²) in [4.78, 5) is 12.8. The number of fused-ring (bicyclic) bond motifs is 1. The summed E-state index contributed by atoms with van der Waals surface area (Å²) in [5.41, 5.74) is 1.21. The predicted molar refractivity (Wildman–Crippen MR) is 90.7 cm³/mol. The number of hydrogen-bond donors (Lipinski definition) is 2. The summed E-state index contributed by atoms with van der Waals surface area (Å²) >= 11 is 0. The molecule has 4 saturated carbocycles. The fourth-order valence-corrected chi connectivity index (χ4v) is 5.82. The molecule has 0 spiro atoms. The van der Waals surface area contributed by atoms with E-state index in [4.69, 9.17) is 4.42 Å². The molecule has 1 aromatic heterocycles. The smallest absolute Gasteiger partial charge is 0.287 e. The van der Waals surface area contributed by atoms with E-state index in [-0.39, 0.29) is 11.9 Å². The minimum Gasteiger partial charge on any atom is -0.451 e. The van der Waals surface area contributed by atoms with Gasteiger partial charge in [0.2, 0.25) is 0 Å². The summed E-state index contributed by atoms with van der Waals surface area (Å²) in [7, 11) is 0. The third kappa shape index (κ3) is 2.05. The second-order valence-electron chi connectivity index (χ2n) is 8.25. The van der Waals surface area contributed by atoms with Gasteiger partial charge in [-0.25, -0.2) is 0 Å². The van der Waals surface area contributed by atoms with Crippen molar-refractivity contribution in [1.29, 1.82) is 0 Å². The van der Waals surface area contributed by atoms with Crippen LogP contribution in [0.2, 0.25) is 0 Å². The third-order valence-corrected chi connectivity index (χ3v) is 6.59. The highest BCUT2D eigenvalue weighted by Crippen LogP contribution is 2.55. The molecule has 4 bridgehead atoms. The number of benzene rings is 1. The van der Waals surface area contributed by atoms with Gasteiger partial charge < -0.3 is 14.8 Å². The minimum atomic E-state index is -0.465. The molecule has 1 amide bonds. The number of furan rings is 1. The Hall–Kier alpha value is -1.81. The van der Waals surface area contributed by atoms with Gasteiger partial charge in [0, 0.05) is 17.0 Å². The summed E-state index contributed by atoms with van der Waals surface area (Å²) in [5.74, 6) is 1.80. The van der Waals surface area contributed by atoms with Gasteiger partial charge in [0.15, 0.2) is 5.76 Å². The van der Waals surface area contributed by atoms with Gasteiger partial charge in [-0.3, -0.25) is 4.79 Å². The normalized spacial score (nSPS) is 37.1. The zero-order valence-corrected chi connectivity index (χ0v) is 13.9. The monoisotopic (exact) mass is 325 g/mol. The van der Waals surface area contributed by atoms with Crippen molar-refractivity contribution in [2.75, 3.05) is 0 Å². The van der Waals surface area contributed by atoms with Crippen LogP contribution in [0.1, 0.15) is 48.2 Å². The fraction of sp³-hybridized carbons (Fsp3) is 0.550. The van der Waals surface area contributed by atoms with Gasteiger partial charge in [0.25, 0.3) is 5.91 Å². The molecule has 0 saturated heterocycles. The standard InChI is InChI=1S/C20H23NO3/c1-11-15-4-2-3-5-16(15)24-18(11)19(22)21-17-13-6-12-7-14(17)10-20(23,8-12)9-13/h2-5,12-14,17,23H,6-10H2,1H3,(H,21,22)/t12?,13-,14+,17+,20+. The van der Waals surface area contributed by atoms with Crippen LogP contribution in [0.3, 0.4) is 0 Å². The van der Waals surface area contributed by atoms with Crippen LogP contribution in [-0.2, 0) is 0 Å². The molecule has 0 aliphatic heterocycles. The molecule has 4 nitrogen and oxygen atoms in total. The number of amides is 1. The molecular formula is C20H23NO3. The van der Waals surface area contributed by atoms with Gasteiger partial charge in [-0.05, 0) is 62.8 Å². The van der Waals surface area contributed by atoms with Crippen molar-refractivity contribution in [3.63, 3.8) is 0 Å². The first-order chi connectivity index (χ1) is 11.5. The van der Waals surface area contributed by atoms with Crippen LogP contribution in [-0.4, -0.2) is 22.7 Å². The number of aliphatic hydroxyl groups is 1. The van der Waals surface area contributed by atoms with Crippen LogP contribution in [0.15, 0.2) is 28.7 Å². The van der Waals surface area contributed by atoms with Crippen molar-refractivity contribution in [3.05, 3.63) is 35.6 Å². The minimum absolute atomic E-state index is 0.104. The molecule has 0 radical (unpaired) electrons. The third-order valence-electron chi connectivity index (χ3n) is 6.59. The van der Waals surface area contributed by atoms with Crippen molar-refractivity contribution in [2.45, 2.75) is 50.7 Å². The van der Waals surface area contributed by atoms with Crippen LogP contribution in [0.5, 0.6) is 0 Å². The number of carbonyl (C=O) groups is 1. The summed E-state index contributed by atoms with van der Waals surface area (Å²) in [5, 5.41) is 14.9. The van der Waals surface area contributed by atoms with Gasteiger partial charge in [0.05, 0.1) is 5.60 Å². The second-order valence-corrected chi connectivity index (χ2v) is 8.25. The van der Waals surface area contributed by atoms with E-state index in [1.54, 1.807) is 0 Å². The van der Waals surface area contributed by atoms with E-state index in [9.17, 15) is 9.90 Å². The van der Waals surface area contributed by atoms with Crippen LogP contribution in [0, 0.1) is 24.7 Å². The van der Waals surface area contributed by atoms with Gasteiger partial charge in [-0.15, -0.1) is 0 Å². The Balaban J connectivity index is 1.41. The Labute approximate surface area is 141 Å². The first-order valence-corrected chi connectivity index (χ1v) is 9.04. The molecule has 1 aromatic carbocycles. The Morgan fingerprint density at radius 1 is 1.21 bits per heavy atom. The molecule has 126 valence electrons. The molecular weight excluding hydrogens is 302 g/mol. The van der Waals surface area contributed by atoms with Crippen molar-refractivity contribution >= 4 is 16.9 Å². The van der Waals surface area contributed by atoms with Crippen LogP contribution >= 0.6 is 0 Å². The molecule has 4 aliphatic carbocycles. The Kier molecular flexibility index (Phi) is 2.94. The van der Waals surface area contributed by atoms with Crippen LogP contribution < -0.4 is 5.32 Å². The SMILES string of the molecule is Cc1c(C(=O)N[C@H]2[C@@H]3CC4C[C@H]2C[C@](O)(C4)C3)oc2ccccc12. The van der Waals surface area contributed by atoms with Crippen LogP contribution in [0.4, 0.5) is 0 Å². The molecule has 6 rings (SSSR count). The first kappa shape index (κ1) is 14.5. The molecule has 5 atom stereocenters. The highest BCUT2D eigenvalue weighted by Gasteiger charge is 2.55. The molecule has 2 aromatic rings. The lowest BCUT2D eigenvalue weighted by molar-refractivity contribution is -0.137. The molecule has 24 heavy (non-hydrogen) atoms. The van der Waals surface area contributed by atoms with Crippen molar-refractivity contribution in [1.82, 2.24) is 5.32 Å². The Bertz CT molecular complexity index is 807. The molecule has 4 heteroatoms. The lowest BCUT2D eigenvalue weighted by Gasteiger charge is -2.58. The van der Waals surface area contributed by atoms with Crippen molar-refractivity contribution in [2.24, 2.45) is 17.8 Å². The molecule has 4 fully saturated rings. The summed E-state index contributed by atoms with van der Waals surface area (Å²) < 4.78 is 5.81. The number of para-hydroxylation sites is 1. The van der Waals surface area contributed by atoms with Crippen LogP contribution in [0.25, 0.3) is 11.0 Å². The molecule has 1 unspecified atom stereocenters. The number of aryl methyl sites for hydroxylation is 1. The maximum Gasteiger partial charge on any atom is 0.287 e.